The maximum absolute atomic E-state index is 6.24. The van der Waals surface area contributed by atoms with Crippen molar-refractivity contribution in [3.05, 3.63) is 89.8 Å². The Kier molecular flexibility index (Phi) is 3.05. The molecule has 4 heterocycles. The Morgan fingerprint density at radius 2 is 1.93 bits per heavy atom. The lowest BCUT2D eigenvalue weighted by Gasteiger charge is -2.28. The lowest BCUT2D eigenvalue weighted by atomic mass is 9.82. The van der Waals surface area contributed by atoms with E-state index in [0.717, 1.165) is 33.5 Å². The average molecular weight is 365 g/mol. The second-order valence-corrected chi connectivity index (χ2v) is 6.91. The minimum absolute atomic E-state index is 0.0988. The Balaban J connectivity index is 1.76. The van der Waals surface area contributed by atoms with Crippen molar-refractivity contribution in [1.29, 1.82) is 0 Å². The third-order valence-electron chi connectivity index (χ3n) is 5.23. The van der Waals surface area contributed by atoms with E-state index in [1.807, 2.05) is 31.3 Å². The summed E-state index contributed by atoms with van der Waals surface area (Å²) in [5.41, 5.74) is 3.85. The second kappa shape index (κ2) is 5.60. The van der Waals surface area contributed by atoms with Gasteiger partial charge in [-0.1, -0.05) is 36.4 Å². The molecule has 0 radical (unpaired) electrons. The maximum atomic E-state index is 6.24. The van der Waals surface area contributed by atoms with E-state index in [2.05, 4.69) is 50.4 Å². The highest BCUT2D eigenvalue weighted by Crippen LogP contribution is 2.49. The number of aryl methyl sites for hydroxylation is 1. The van der Waals surface area contributed by atoms with E-state index in [0.29, 0.717) is 11.7 Å². The molecular weight excluding hydrogens is 350 g/mol. The molecule has 0 N–H and O–H groups in total. The monoisotopic (exact) mass is 365 g/mol. The van der Waals surface area contributed by atoms with Gasteiger partial charge in [-0.2, -0.15) is 5.10 Å². The summed E-state index contributed by atoms with van der Waals surface area (Å²) in [7, 11) is 0. The fourth-order valence-electron chi connectivity index (χ4n) is 4.09. The third-order valence-corrected chi connectivity index (χ3v) is 5.23. The van der Waals surface area contributed by atoms with E-state index in [1.54, 1.807) is 17.0 Å². The van der Waals surface area contributed by atoms with Crippen LogP contribution < -0.4 is 4.74 Å². The summed E-state index contributed by atoms with van der Waals surface area (Å²) in [6.07, 6.45) is 5.34. The molecule has 1 atom stereocenters. The summed E-state index contributed by atoms with van der Waals surface area (Å²) in [4.78, 5) is 13.6. The van der Waals surface area contributed by atoms with Crippen LogP contribution in [0.25, 0.3) is 16.4 Å². The molecular formula is C22H15N5O. The van der Waals surface area contributed by atoms with Gasteiger partial charge < -0.3 is 4.74 Å². The van der Waals surface area contributed by atoms with Gasteiger partial charge in [0, 0.05) is 23.9 Å². The zero-order valence-electron chi connectivity index (χ0n) is 15.1. The van der Waals surface area contributed by atoms with Crippen LogP contribution in [0.1, 0.15) is 28.4 Å². The summed E-state index contributed by atoms with van der Waals surface area (Å²) in [5.74, 6) is 1.98. The quantitative estimate of drug-likeness (QED) is 0.435. The zero-order chi connectivity index (χ0) is 18.7. The van der Waals surface area contributed by atoms with Crippen molar-refractivity contribution in [2.75, 3.05) is 0 Å². The fourth-order valence-corrected chi connectivity index (χ4v) is 4.09. The van der Waals surface area contributed by atoms with Crippen molar-refractivity contribution in [2.24, 2.45) is 0 Å². The number of hydrogen-bond acceptors (Lipinski definition) is 5. The van der Waals surface area contributed by atoms with E-state index in [9.17, 15) is 0 Å². The molecule has 28 heavy (non-hydrogen) atoms. The summed E-state index contributed by atoms with van der Waals surface area (Å²) >= 11 is 0. The second-order valence-electron chi connectivity index (χ2n) is 6.91. The molecule has 134 valence electrons. The van der Waals surface area contributed by atoms with Crippen LogP contribution in [-0.4, -0.2) is 24.6 Å². The van der Waals surface area contributed by atoms with E-state index in [4.69, 9.17) is 4.74 Å². The smallest absolute Gasteiger partial charge is 0.228 e. The highest BCUT2D eigenvalue weighted by Gasteiger charge is 2.34. The molecule has 0 spiro atoms. The van der Waals surface area contributed by atoms with Crippen LogP contribution in [0.15, 0.2) is 67.3 Å². The topological polar surface area (TPSA) is 65.2 Å². The van der Waals surface area contributed by atoms with Crippen molar-refractivity contribution in [3.8, 4) is 11.6 Å². The molecule has 0 bridgehead atoms. The Morgan fingerprint density at radius 3 is 2.82 bits per heavy atom. The van der Waals surface area contributed by atoms with Gasteiger partial charge in [0.1, 0.15) is 17.9 Å². The third kappa shape index (κ3) is 2.08. The molecule has 1 aliphatic rings. The molecule has 2 aromatic carbocycles. The molecule has 6 rings (SSSR count). The van der Waals surface area contributed by atoms with Crippen LogP contribution in [0.3, 0.4) is 0 Å². The van der Waals surface area contributed by atoms with Crippen LogP contribution in [0.5, 0.6) is 11.6 Å². The molecule has 6 nitrogen and oxygen atoms in total. The van der Waals surface area contributed by atoms with Gasteiger partial charge in [0.05, 0.1) is 5.56 Å². The maximum Gasteiger partial charge on any atom is 0.228 e. The normalized spacial score (nSPS) is 15.2. The molecule has 0 aliphatic carbocycles. The van der Waals surface area contributed by atoms with Gasteiger partial charge in [-0.3, -0.25) is 4.98 Å². The first kappa shape index (κ1) is 15.3. The van der Waals surface area contributed by atoms with Crippen molar-refractivity contribution in [3.63, 3.8) is 0 Å². The zero-order valence-corrected chi connectivity index (χ0v) is 15.1. The number of rotatable bonds is 1. The van der Waals surface area contributed by atoms with Gasteiger partial charge in [-0.25, -0.2) is 14.5 Å². The van der Waals surface area contributed by atoms with Crippen LogP contribution >= 0.6 is 0 Å². The number of ether oxygens (including phenoxy) is 1. The lowest BCUT2D eigenvalue weighted by Crippen LogP contribution is -2.15. The van der Waals surface area contributed by atoms with E-state index in [1.165, 1.54) is 5.39 Å². The summed E-state index contributed by atoms with van der Waals surface area (Å²) in [6, 6.07) is 16.5. The number of hydrogen-bond donors (Lipinski definition) is 0. The molecule has 6 heteroatoms. The predicted molar refractivity (Wildman–Crippen MR) is 105 cm³/mol. The lowest BCUT2D eigenvalue weighted by molar-refractivity contribution is 0.433. The largest absolute Gasteiger partial charge is 0.438 e. The highest BCUT2D eigenvalue weighted by atomic mass is 16.5. The van der Waals surface area contributed by atoms with Crippen LogP contribution in [0, 0.1) is 6.92 Å². The van der Waals surface area contributed by atoms with Gasteiger partial charge in [-0.05, 0) is 35.4 Å². The van der Waals surface area contributed by atoms with E-state index in [-0.39, 0.29) is 5.92 Å². The SMILES string of the molecule is Cc1nc2c3c(ncn2n1)Oc1ccc2ccccc2c1C3c1cccnc1. The summed E-state index contributed by atoms with van der Waals surface area (Å²) in [5, 5.41) is 6.76. The minimum Gasteiger partial charge on any atom is -0.438 e. The summed E-state index contributed by atoms with van der Waals surface area (Å²) < 4.78 is 7.96. The number of aromatic nitrogens is 5. The standard InChI is InChI=1S/C22H15N5O/c1-13-25-21-20-18(15-6-4-10-23-11-15)19-16-7-3-2-5-14(16)8-9-17(19)28-22(20)24-12-27(21)26-13/h2-12,18H,1H3. The number of nitrogens with zero attached hydrogens (tertiary/aromatic N) is 5. The van der Waals surface area contributed by atoms with Gasteiger partial charge >= 0.3 is 0 Å². The van der Waals surface area contributed by atoms with Gasteiger partial charge in [0.15, 0.2) is 5.65 Å². The Labute approximate surface area is 160 Å². The first-order valence-corrected chi connectivity index (χ1v) is 9.11. The van der Waals surface area contributed by atoms with E-state index < -0.39 is 0 Å². The molecule has 0 amide bonds. The van der Waals surface area contributed by atoms with Crippen molar-refractivity contribution < 1.29 is 4.74 Å². The molecule has 0 saturated heterocycles. The average Bonchev–Trinajstić information content (AvgIpc) is 3.13. The number of fused-ring (bicyclic) bond motifs is 6. The number of benzene rings is 2. The molecule has 5 aromatic rings. The van der Waals surface area contributed by atoms with Crippen LogP contribution in [-0.2, 0) is 0 Å². The molecule has 0 fully saturated rings. The Morgan fingerprint density at radius 1 is 1.00 bits per heavy atom. The molecule has 1 unspecified atom stereocenters. The predicted octanol–water partition coefficient (Wildman–Crippen LogP) is 4.27. The molecule has 0 saturated carbocycles. The highest BCUT2D eigenvalue weighted by molar-refractivity contribution is 5.90. The first-order valence-electron chi connectivity index (χ1n) is 9.11. The van der Waals surface area contributed by atoms with Gasteiger partial charge in [-0.15, -0.1) is 0 Å². The van der Waals surface area contributed by atoms with Crippen molar-refractivity contribution >= 4 is 16.4 Å². The molecule has 3 aromatic heterocycles. The summed E-state index contributed by atoms with van der Waals surface area (Å²) in [6.45, 7) is 1.88. The van der Waals surface area contributed by atoms with Crippen LogP contribution in [0.4, 0.5) is 0 Å². The Hall–Kier alpha value is -3.80. The minimum atomic E-state index is -0.0988. The van der Waals surface area contributed by atoms with Crippen molar-refractivity contribution in [1.82, 2.24) is 24.6 Å². The van der Waals surface area contributed by atoms with Crippen molar-refractivity contribution in [2.45, 2.75) is 12.8 Å². The molecule has 1 aliphatic heterocycles. The van der Waals surface area contributed by atoms with Crippen LogP contribution in [0.2, 0.25) is 0 Å². The number of pyridine rings is 1. The van der Waals surface area contributed by atoms with E-state index >= 15 is 0 Å². The first-order chi connectivity index (χ1) is 13.8. The Bertz CT molecular complexity index is 1360. The van der Waals surface area contributed by atoms with Gasteiger partial charge in [0.2, 0.25) is 5.88 Å². The fraction of sp³-hybridized carbons (Fsp3) is 0.0909. The van der Waals surface area contributed by atoms with Gasteiger partial charge in [0.25, 0.3) is 0 Å².